The highest BCUT2D eigenvalue weighted by atomic mass is 15.0. The first-order valence-electron chi connectivity index (χ1n) is 19.8. The van der Waals surface area contributed by atoms with Gasteiger partial charge in [-0.1, -0.05) is 133 Å². The summed E-state index contributed by atoms with van der Waals surface area (Å²) in [5, 5.41) is 9.97. The molecule has 264 valence electrons. The standard InChI is InChI=1S/C51H40N4/c52-32-33-10-9-15-42(27-33)51(41-13-5-2-6-14-41)45-17-8-7-16-43(45)44-28-39(20-23-46(44)51)49-54-47(37-11-3-1-4-12-37)53-48(55-49)38-18-21-40(22-19-38)50-29-34-24-35(30-50)26-36(25-34)31-50/h1-23,27-28,34-36H,24-26,29-31H2/t34-,35+,36?,50?,51?. The van der Waals surface area contributed by atoms with Crippen LogP contribution in [0.4, 0.5) is 0 Å². The Hall–Kier alpha value is -6.18. The average Bonchev–Trinajstić information content (AvgIpc) is 3.54. The van der Waals surface area contributed by atoms with Crippen molar-refractivity contribution in [3.05, 3.63) is 185 Å². The van der Waals surface area contributed by atoms with Crippen molar-refractivity contribution < 1.29 is 0 Å². The molecule has 55 heavy (non-hydrogen) atoms. The maximum absolute atomic E-state index is 9.97. The van der Waals surface area contributed by atoms with Crippen molar-refractivity contribution in [2.45, 2.75) is 49.4 Å². The number of benzene rings is 6. The summed E-state index contributed by atoms with van der Waals surface area (Å²) >= 11 is 0. The summed E-state index contributed by atoms with van der Waals surface area (Å²) in [5.74, 6) is 4.73. The van der Waals surface area contributed by atoms with Crippen molar-refractivity contribution in [3.8, 4) is 51.4 Å². The number of fused-ring (bicyclic) bond motifs is 3. The van der Waals surface area contributed by atoms with Gasteiger partial charge in [0.15, 0.2) is 17.5 Å². The van der Waals surface area contributed by atoms with Crippen molar-refractivity contribution >= 4 is 0 Å². The molecule has 4 fully saturated rings. The van der Waals surface area contributed by atoms with E-state index in [1.54, 1.807) is 0 Å². The van der Waals surface area contributed by atoms with Crippen LogP contribution in [0, 0.1) is 29.1 Å². The molecule has 4 heteroatoms. The Morgan fingerprint density at radius 1 is 0.455 bits per heavy atom. The molecule has 0 radical (unpaired) electrons. The number of nitriles is 1. The highest BCUT2D eigenvalue weighted by molar-refractivity contribution is 5.88. The fourth-order valence-corrected chi connectivity index (χ4v) is 11.5. The molecule has 1 aromatic heterocycles. The molecule has 7 aromatic rings. The predicted molar refractivity (Wildman–Crippen MR) is 218 cm³/mol. The first-order valence-corrected chi connectivity index (χ1v) is 19.8. The smallest absolute Gasteiger partial charge is 0.164 e. The zero-order valence-electron chi connectivity index (χ0n) is 30.7. The van der Waals surface area contributed by atoms with Gasteiger partial charge >= 0.3 is 0 Å². The Morgan fingerprint density at radius 3 is 1.67 bits per heavy atom. The summed E-state index contributed by atoms with van der Waals surface area (Å²) in [5.41, 5.74) is 11.7. The van der Waals surface area contributed by atoms with Gasteiger partial charge in [-0.2, -0.15) is 5.26 Å². The molecule has 0 saturated heterocycles. The lowest BCUT2D eigenvalue weighted by molar-refractivity contribution is -0.00518. The minimum atomic E-state index is -0.601. The summed E-state index contributed by atoms with van der Waals surface area (Å²) in [6, 6.07) is 56.0. The van der Waals surface area contributed by atoms with Crippen molar-refractivity contribution in [3.63, 3.8) is 0 Å². The molecule has 12 rings (SSSR count). The van der Waals surface area contributed by atoms with E-state index >= 15 is 0 Å². The molecule has 0 spiro atoms. The second kappa shape index (κ2) is 12.4. The topological polar surface area (TPSA) is 62.5 Å². The molecule has 0 aliphatic heterocycles. The van der Waals surface area contributed by atoms with E-state index in [1.165, 1.54) is 60.8 Å². The van der Waals surface area contributed by atoms with E-state index in [-0.39, 0.29) is 0 Å². The highest BCUT2D eigenvalue weighted by Gasteiger charge is 2.51. The van der Waals surface area contributed by atoms with E-state index in [4.69, 9.17) is 15.0 Å². The van der Waals surface area contributed by atoms with E-state index in [0.29, 0.717) is 28.5 Å². The fraction of sp³-hybridized carbons (Fsp3) is 0.216. The third-order valence-corrected chi connectivity index (χ3v) is 13.4. The quantitative estimate of drug-likeness (QED) is 0.172. The van der Waals surface area contributed by atoms with Gasteiger partial charge in [-0.3, -0.25) is 0 Å². The van der Waals surface area contributed by atoms with E-state index in [9.17, 15) is 5.26 Å². The molecule has 0 N–H and O–H groups in total. The van der Waals surface area contributed by atoms with Crippen LogP contribution in [0.5, 0.6) is 0 Å². The van der Waals surface area contributed by atoms with Gasteiger partial charge in [-0.05, 0) is 119 Å². The molecule has 5 aliphatic rings. The summed E-state index contributed by atoms with van der Waals surface area (Å²) in [7, 11) is 0. The largest absolute Gasteiger partial charge is 0.208 e. The maximum Gasteiger partial charge on any atom is 0.164 e. The van der Waals surface area contributed by atoms with Gasteiger partial charge < -0.3 is 0 Å². The van der Waals surface area contributed by atoms with Crippen LogP contribution < -0.4 is 0 Å². The third kappa shape index (κ3) is 5.06. The molecule has 1 unspecified atom stereocenters. The highest BCUT2D eigenvalue weighted by Crippen LogP contribution is 2.61. The van der Waals surface area contributed by atoms with Crippen molar-refractivity contribution in [1.29, 1.82) is 5.26 Å². The molecule has 0 amide bonds. The Kier molecular flexibility index (Phi) is 7.29. The van der Waals surface area contributed by atoms with Crippen LogP contribution in [-0.2, 0) is 10.8 Å². The average molecular weight is 709 g/mol. The minimum absolute atomic E-state index is 0.346. The van der Waals surface area contributed by atoms with Crippen molar-refractivity contribution in [1.82, 2.24) is 15.0 Å². The summed E-state index contributed by atoms with van der Waals surface area (Å²) in [6.07, 6.45) is 8.39. The van der Waals surface area contributed by atoms with E-state index < -0.39 is 5.41 Å². The number of aromatic nitrogens is 3. The van der Waals surface area contributed by atoms with Crippen LogP contribution in [-0.4, -0.2) is 15.0 Å². The SMILES string of the molecule is N#Cc1cccc(C2(c3ccccc3)c3ccccc3-c3cc(-c4nc(-c5ccccc5)nc(-c5ccc(C67CC8C[C@H](C6)C[C@@H](C8)C7)cc5)n4)ccc32)c1. The first kappa shape index (κ1) is 32.3. The predicted octanol–water partition coefficient (Wildman–Crippen LogP) is 11.6. The van der Waals surface area contributed by atoms with E-state index in [2.05, 4.69) is 121 Å². The number of hydrogen-bond acceptors (Lipinski definition) is 4. The first-order chi connectivity index (χ1) is 27.1. The van der Waals surface area contributed by atoms with Crippen molar-refractivity contribution in [2.75, 3.05) is 0 Å². The fourth-order valence-electron chi connectivity index (χ4n) is 11.5. The second-order valence-corrected chi connectivity index (χ2v) is 16.6. The maximum atomic E-state index is 9.97. The molecule has 5 aliphatic carbocycles. The molecule has 6 aromatic carbocycles. The van der Waals surface area contributed by atoms with Crippen LogP contribution in [0.3, 0.4) is 0 Å². The Bertz CT molecular complexity index is 2600. The Labute approximate surface area is 322 Å². The lowest BCUT2D eigenvalue weighted by atomic mass is 9.48. The molecule has 4 nitrogen and oxygen atoms in total. The normalized spacial score (nSPS) is 24.2. The zero-order chi connectivity index (χ0) is 36.6. The van der Waals surface area contributed by atoms with Gasteiger partial charge in [0, 0.05) is 16.7 Å². The van der Waals surface area contributed by atoms with Crippen LogP contribution in [0.2, 0.25) is 0 Å². The van der Waals surface area contributed by atoms with E-state index in [0.717, 1.165) is 51.1 Å². The minimum Gasteiger partial charge on any atom is -0.208 e. The number of hydrogen-bond donors (Lipinski definition) is 0. The van der Waals surface area contributed by atoms with E-state index in [1.807, 2.05) is 36.4 Å². The van der Waals surface area contributed by atoms with Crippen LogP contribution in [0.15, 0.2) is 152 Å². The molecule has 1 atom stereocenters. The number of nitrogens with zero attached hydrogens (tertiary/aromatic N) is 4. The van der Waals surface area contributed by atoms with Gasteiger partial charge in [0.2, 0.25) is 0 Å². The van der Waals surface area contributed by atoms with Gasteiger partial charge in [-0.25, -0.2) is 15.0 Å². The molecular weight excluding hydrogens is 669 g/mol. The van der Waals surface area contributed by atoms with Gasteiger partial charge in [0.05, 0.1) is 17.0 Å². The second-order valence-electron chi connectivity index (χ2n) is 16.6. The summed E-state index contributed by atoms with van der Waals surface area (Å²) in [4.78, 5) is 15.5. The van der Waals surface area contributed by atoms with Gasteiger partial charge in [-0.15, -0.1) is 0 Å². The van der Waals surface area contributed by atoms with Crippen LogP contribution >= 0.6 is 0 Å². The Balaban J connectivity index is 1.06. The molecule has 4 bridgehead atoms. The zero-order valence-corrected chi connectivity index (χ0v) is 30.7. The van der Waals surface area contributed by atoms with Gasteiger partial charge in [0.25, 0.3) is 0 Å². The van der Waals surface area contributed by atoms with Gasteiger partial charge in [0.1, 0.15) is 0 Å². The Morgan fingerprint density at radius 2 is 1.00 bits per heavy atom. The van der Waals surface area contributed by atoms with Crippen LogP contribution in [0.25, 0.3) is 45.3 Å². The third-order valence-electron chi connectivity index (χ3n) is 13.4. The van der Waals surface area contributed by atoms with Crippen molar-refractivity contribution in [2.24, 2.45) is 17.8 Å². The lowest BCUT2D eigenvalue weighted by Gasteiger charge is -2.57. The summed E-state index contributed by atoms with van der Waals surface area (Å²) < 4.78 is 0. The monoisotopic (exact) mass is 708 g/mol. The lowest BCUT2D eigenvalue weighted by Crippen LogP contribution is -2.48. The summed E-state index contributed by atoms with van der Waals surface area (Å²) in [6.45, 7) is 0. The number of rotatable bonds is 6. The molecular formula is C51H40N4. The van der Waals surface area contributed by atoms with Crippen LogP contribution in [0.1, 0.15) is 71.9 Å². The molecule has 4 saturated carbocycles. The molecule has 1 heterocycles.